The molecule has 1 heterocycles. The van der Waals surface area contributed by atoms with Gasteiger partial charge in [0.25, 0.3) is 0 Å². The normalized spacial score (nSPS) is 21.2. The van der Waals surface area contributed by atoms with Crippen LogP contribution >= 0.6 is 15.9 Å². The summed E-state index contributed by atoms with van der Waals surface area (Å²) in [6.45, 7) is 0. The highest BCUT2D eigenvalue weighted by atomic mass is 79.9. The molecule has 2 nitrogen and oxygen atoms in total. The van der Waals surface area contributed by atoms with Crippen LogP contribution in [0, 0.1) is 0 Å². The van der Waals surface area contributed by atoms with Crippen LogP contribution in [0.1, 0.15) is 23.0 Å². The molecule has 0 bridgehead atoms. The molecule has 0 fully saturated rings. The zero-order valence-corrected chi connectivity index (χ0v) is 13.8. The van der Waals surface area contributed by atoms with Crippen LogP contribution < -0.4 is 0 Å². The van der Waals surface area contributed by atoms with Crippen molar-refractivity contribution >= 4 is 21.9 Å². The largest absolute Gasteiger partial charge is 0.449 e. The highest BCUT2D eigenvalue weighted by Gasteiger charge is 2.45. The molecule has 0 aromatic heterocycles. The van der Waals surface area contributed by atoms with Crippen LogP contribution in [0.5, 0.6) is 0 Å². The molecule has 6 heteroatoms. The number of cyclic esters (lactones) is 1. The Labute approximate surface area is 145 Å². The number of carbonyl (C=O) groups excluding carboxylic acids is 1. The molecular formula is C18H12BrF3O2. The van der Waals surface area contributed by atoms with Crippen molar-refractivity contribution in [2.75, 3.05) is 0 Å². The molecule has 0 amide bonds. The van der Waals surface area contributed by atoms with Gasteiger partial charge in [0.1, 0.15) is 0 Å². The molecule has 1 aliphatic rings. The van der Waals surface area contributed by atoms with Gasteiger partial charge in [-0.15, -0.1) is 0 Å². The van der Waals surface area contributed by atoms with E-state index < -0.39 is 29.7 Å². The molecule has 0 saturated heterocycles. The van der Waals surface area contributed by atoms with Crippen molar-refractivity contribution in [2.45, 2.75) is 18.0 Å². The van der Waals surface area contributed by atoms with Gasteiger partial charge in [-0.05, 0) is 29.3 Å². The molecule has 0 N–H and O–H groups in total. The van der Waals surface area contributed by atoms with Gasteiger partial charge in [-0.3, -0.25) is 4.79 Å². The predicted molar refractivity (Wildman–Crippen MR) is 86.3 cm³/mol. The minimum Gasteiger partial charge on any atom is -0.421 e. The summed E-state index contributed by atoms with van der Waals surface area (Å²) in [4.78, 5) is 12.3. The Bertz CT molecular complexity index is 767. The van der Waals surface area contributed by atoms with Crippen molar-refractivity contribution < 1.29 is 22.7 Å². The lowest BCUT2D eigenvalue weighted by atomic mass is 9.80. The van der Waals surface area contributed by atoms with E-state index >= 15 is 0 Å². The predicted octanol–water partition coefficient (Wildman–Crippen LogP) is 5.32. The lowest BCUT2D eigenvalue weighted by Gasteiger charge is -2.30. The molecule has 1 aliphatic heterocycles. The molecule has 0 unspecified atom stereocenters. The standard InChI is InChI=1S/C18H12BrF3O2/c19-13-8-6-11(7-9-13)14-10-15(18(20,21)22)24-17(23)16(14)12-4-2-1-3-5-12/h1-10,14,16H/t14-,16-/m0/s1. The van der Waals surface area contributed by atoms with Gasteiger partial charge in [-0.25, -0.2) is 0 Å². The second-order valence-electron chi connectivity index (χ2n) is 5.42. The summed E-state index contributed by atoms with van der Waals surface area (Å²) in [7, 11) is 0. The fraction of sp³-hybridized carbons (Fsp3) is 0.167. The van der Waals surface area contributed by atoms with Crippen LogP contribution in [-0.4, -0.2) is 12.1 Å². The van der Waals surface area contributed by atoms with Gasteiger partial charge in [-0.2, -0.15) is 13.2 Å². The molecule has 24 heavy (non-hydrogen) atoms. The smallest absolute Gasteiger partial charge is 0.421 e. The third kappa shape index (κ3) is 3.38. The van der Waals surface area contributed by atoms with Crippen molar-refractivity contribution in [1.29, 1.82) is 0 Å². The van der Waals surface area contributed by atoms with E-state index in [1.807, 2.05) is 0 Å². The van der Waals surface area contributed by atoms with Gasteiger partial charge in [-0.1, -0.05) is 58.4 Å². The van der Waals surface area contributed by atoms with E-state index in [9.17, 15) is 18.0 Å². The third-order valence-electron chi connectivity index (χ3n) is 3.85. The maximum atomic E-state index is 13.0. The van der Waals surface area contributed by atoms with E-state index in [2.05, 4.69) is 20.7 Å². The summed E-state index contributed by atoms with van der Waals surface area (Å²) in [6.07, 6.45) is -3.72. The Hall–Kier alpha value is -2.08. The van der Waals surface area contributed by atoms with Gasteiger partial charge in [0, 0.05) is 10.4 Å². The van der Waals surface area contributed by atoms with E-state index in [4.69, 9.17) is 0 Å². The second-order valence-corrected chi connectivity index (χ2v) is 6.33. The minimum atomic E-state index is -4.70. The number of allylic oxidation sites excluding steroid dienone is 2. The molecule has 0 saturated carbocycles. The van der Waals surface area contributed by atoms with Gasteiger partial charge >= 0.3 is 12.1 Å². The fourth-order valence-electron chi connectivity index (χ4n) is 2.74. The Morgan fingerprint density at radius 2 is 1.54 bits per heavy atom. The van der Waals surface area contributed by atoms with Gasteiger partial charge in [0.2, 0.25) is 5.76 Å². The van der Waals surface area contributed by atoms with Crippen LogP contribution in [0.15, 0.2) is 70.9 Å². The van der Waals surface area contributed by atoms with Crippen LogP contribution in [0.25, 0.3) is 0 Å². The molecule has 2 atom stereocenters. The Morgan fingerprint density at radius 3 is 2.12 bits per heavy atom. The highest BCUT2D eigenvalue weighted by Crippen LogP contribution is 2.43. The van der Waals surface area contributed by atoms with Gasteiger partial charge in [0.15, 0.2) is 0 Å². The summed E-state index contributed by atoms with van der Waals surface area (Å²) in [6, 6.07) is 15.6. The summed E-state index contributed by atoms with van der Waals surface area (Å²) in [5.41, 5.74) is 1.23. The lowest BCUT2D eigenvalue weighted by molar-refractivity contribution is -0.164. The number of hydrogen-bond donors (Lipinski definition) is 0. The van der Waals surface area contributed by atoms with E-state index in [0.717, 1.165) is 10.5 Å². The minimum absolute atomic E-state index is 0.616. The lowest BCUT2D eigenvalue weighted by Crippen LogP contribution is -2.31. The van der Waals surface area contributed by atoms with Crippen LogP contribution in [0.2, 0.25) is 0 Å². The summed E-state index contributed by atoms with van der Waals surface area (Å²) < 4.78 is 44.5. The van der Waals surface area contributed by atoms with Gasteiger partial charge in [0.05, 0.1) is 5.92 Å². The quantitative estimate of drug-likeness (QED) is 0.642. The molecule has 0 aliphatic carbocycles. The number of alkyl halides is 3. The number of benzene rings is 2. The number of esters is 1. The molecule has 0 radical (unpaired) electrons. The Balaban J connectivity index is 2.11. The fourth-order valence-corrected chi connectivity index (χ4v) is 3.01. The molecule has 2 aromatic rings. The van der Waals surface area contributed by atoms with Crippen molar-refractivity contribution in [3.63, 3.8) is 0 Å². The molecule has 0 spiro atoms. The zero-order chi connectivity index (χ0) is 17.3. The summed E-state index contributed by atoms with van der Waals surface area (Å²) in [5.74, 6) is -3.73. The van der Waals surface area contributed by atoms with Crippen LogP contribution in [-0.2, 0) is 9.53 Å². The first-order chi connectivity index (χ1) is 11.4. The first-order valence-corrected chi connectivity index (χ1v) is 7.96. The first-order valence-electron chi connectivity index (χ1n) is 7.17. The molecular weight excluding hydrogens is 385 g/mol. The van der Waals surface area contributed by atoms with E-state index in [1.165, 1.54) is 0 Å². The average molecular weight is 397 g/mol. The van der Waals surface area contributed by atoms with Gasteiger partial charge < -0.3 is 4.74 Å². The van der Waals surface area contributed by atoms with E-state index in [0.29, 0.717) is 11.1 Å². The number of ether oxygens (including phenoxy) is 1. The molecule has 2 aromatic carbocycles. The van der Waals surface area contributed by atoms with E-state index in [-0.39, 0.29) is 0 Å². The highest BCUT2D eigenvalue weighted by molar-refractivity contribution is 9.10. The third-order valence-corrected chi connectivity index (χ3v) is 4.38. The Kier molecular flexibility index (Phi) is 4.49. The van der Waals surface area contributed by atoms with E-state index in [1.54, 1.807) is 54.6 Å². The van der Waals surface area contributed by atoms with Crippen LogP contribution in [0.4, 0.5) is 13.2 Å². The molecule has 124 valence electrons. The van der Waals surface area contributed by atoms with Crippen molar-refractivity contribution in [2.24, 2.45) is 0 Å². The number of halogens is 4. The van der Waals surface area contributed by atoms with Crippen molar-refractivity contribution in [3.05, 3.63) is 82.0 Å². The maximum Gasteiger partial charge on any atom is 0.449 e. The van der Waals surface area contributed by atoms with Crippen LogP contribution in [0.3, 0.4) is 0 Å². The number of carbonyl (C=O) groups is 1. The first kappa shape index (κ1) is 16.8. The second kappa shape index (κ2) is 6.43. The summed E-state index contributed by atoms with van der Waals surface area (Å²) in [5, 5.41) is 0. The summed E-state index contributed by atoms with van der Waals surface area (Å²) >= 11 is 3.30. The Morgan fingerprint density at radius 1 is 0.917 bits per heavy atom. The maximum absolute atomic E-state index is 13.0. The SMILES string of the molecule is O=C1OC(C(F)(F)F)=C[C@@H](c2ccc(Br)cc2)[C@@H]1c1ccccc1. The number of rotatable bonds is 2. The number of hydrogen-bond acceptors (Lipinski definition) is 2. The average Bonchev–Trinajstić information content (AvgIpc) is 2.55. The van der Waals surface area contributed by atoms with Crippen molar-refractivity contribution in [1.82, 2.24) is 0 Å². The monoisotopic (exact) mass is 396 g/mol. The van der Waals surface area contributed by atoms with Crippen molar-refractivity contribution in [3.8, 4) is 0 Å². The topological polar surface area (TPSA) is 26.3 Å². The molecule has 3 rings (SSSR count). The zero-order valence-electron chi connectivity index (χ0n) is 12.3.